The van der Waals surface area contributed by atoms with Gasteiger partial charge in [0.2, 0.25) is 0 Å². The zero-order valence-electron chi connectivity index (χ0n) is 13.3. The third-order valence-electron chi connectivity index (χ3n) is 3.88. The minimum atomic E-state index is 0. The SMILES string of the molecule is COCCn1c(C)cc(C2=NNC(=NC3CC3)SC2)c1C.Cl. The quantitative estimate of drug-likeness (QED) is 0.895. The van der Waals surface area contributed by atoms with Crippen molar-refractivity contribution in [3.63, 3.8) is 0 Å². The highest BCUT2D eigenvalue weighted by Crippen LogP contribution is 2.26. The van der Waals surface area contributed by atoms with Crippen LogP contribution in [-0.4, -0.2) is 41.0 Å². The van der Waals surface area contributed by atoms with Crippen molar-refractivity contribution >= 4 is 35.0 Å². The minimum absolute atomic E-state index is 0. The standard InChI is InChI=1S/C15H22N4OS.ClH/c1-10-8-13(11(2)19(10)6-7-20-3)14-9-21-15(18-17-14)16-12-4-5-12;/h8,12H,4-7,9H2,1-3H3,(H,16,18);1H. The number of amidine groups is 1. The van der Waals surface area contributed by atoms with Gasteiger partial charge in [0.05, 0.1) is 18.4 Å². The fourth-order valence-corrected chi connectivity index (χ4v) is 3.34. The van der Waals surface area contributed by atoms with Crippen LogP contribution in [0.2, 0.25) is 0 Å². The molecular weight excluding hydrogens is 320 g/mol. The van der Waals surface area contributed by atoms with Crippen LogP contribution in [0.1, 0.15) is 29.8 Å². The van der Waals surface area contributed by atoms with Crippen LogP contribution in [0.5, 0.6) is 0 Å². The first-order valence-electron chi connectivity index (χ1n) is 7.38. The summed E-state index contributed by atoms with van der Waals surface area (Å²) in [7, 11) is 1.74. The van der Waals surface area contributed by atoms with Gasteiger partial charge in [0.15, 0.2) is 5.17 Å². The second-order valence-electron chi connectivity index (χ2n) is 5.55. The Morgan fingerprint density at radius 2 is 2.23 bits per heavy atom. The van der Waals surface area contributed by atoms with E-state index in [1.54, 1.807) is 18.9 Å². The number of hydrogen-bond acceptors (Lipinski definition) is 4. The maximum absolute atomic E-state index is 5.18. The minimum Gasteiger partial charge on any atom is -0.383 e. The fourth-order valence-electron chi connectivity index (χ4n) is 2.51. The van der Waals surface area contributed by atoms with Crippen LogP contribution in [-0.2, 0) is 11.3 Å². The summed E-state index contributed by atoms with van der Waals surface area (Å²) >= 11 is 1.75. The molecule has 0 radical (unpaired) electrons. The zero-order chi connectivity index (χ0) is 14.8. The Morgan fingerprint density at radius 1 is 1.45 bits per heavy atom. The van der Waals surface area contributed by atoms with Gasteiger partial charge in [-0.1, -0.05) is 11.8 Å². The second-order valence-corrected chi connectivity index (χ2v) is 6.52. The van der Waals surface area contributed by atoms with Gasteiger partial charge in [-0.05, 0) is 32.8 Å². The number of nitrogens with one attached hydrogen (secondary N) is 1. The molecule has 0 saturated heterocycles. The van der Waals surface area contributed by atoms with E-state index < -0.39 is 0 Å². The van der Waals surface area contributed by atoms with Crippen LogP contribution in [0.4, 0.5) is 0 Å². The lowest BCUT2D eigenvalue weighted by Gasteiger charge is -2.15. The summed E-state index contributed by atoms with van der Waals surface area (Å²) in [5, 5.41) is 5.50. The van der Waals surface area contributed by atoms with Crippen LogP contribution >= 0.6 is 24.2 Å². The molecule has 1 N–H and O–H groups in total. The molecule has 5 nitrogen and oxygen atoms in total. The van der Waals surface area contributed by atoms with Gasteiger partial charge in [0, 0.05) is 36.4 Å². The molecule has 0 aromatic carbocycles. The Bertz CT molecular complexity index is 593. The molecule has 2 heterocycles. The molecule has 122 valence electrons. The van der Waals surface area contributed by atoms with Crippen molar-refractivity contribution < 1.29 is 4.74 Å². The van der Waals surface area contributed by atoms with Crippen molar-refractivity contribution in [3.8, 4) is 0 Å². The Labute approximate surface area is 142 Å². The van der Waals surface area contributed by atoms with E-state index in [0.29, 0.717) is 6.04 Å². The smallest absolute Gasteiger partial charge is 0.177 e. The highest BCUT2D eigenvalue weighted by molar-refractivity contribution is 8.14. The van der Waals surface area contributed by atoms with Gasteiger partial charge in [-0.2, -0.15) is 5.10 Å². The zero-order valence-corrected chi connectivity index (χ0v) is 14.9. The summed E-state index contributed by atoms with van der Waals surface area (Å²) in [6.45, 7) is 5.90. The molecule has 1 aromatic heterocycles. The van der Waals surface area contributed by atoms with Crippen molar-refractivity contribution in [3.05, 3.63) is 23.0 Å². The van der Waals surface area contributed by atoms with Crippen molar-refractivity contribution in [1.82, 2.24) is 9.99 Å². The predicted octanol–water partition coefficient (Wildman–Crippen LogP) is 2.73. The van der Waals surface area contributed by atoms with Gasteiger partial charge in [0.1, 0.15) is 0 Å². The molecule has 0 amide bonds. The molecule has 0 unspecified atom stereocenters. The summed E-state index contributed by atoms with van der Waals surface area (Å²) in [5.74, 6) is 0.882. The number of aryl methyl sites for hydroxylation is 1. The topological polar surface area (TPSA) is 50.9 Å². The molecule has 7 heteroatoms. The molecule has 1 saturated carbocycles. The van der Waals surface area contributed by atoms with Gasteiger partial charge in [0.25, 0.3) is 0 Å². The predicted molar refractivity (Wildman–Crippen MR) is 95.6 cm³/mol. The number of aliphatic imine (C=N–C) groups is 1. The van der Waals surface area contributed by atoms with E-state index >= 15 is 0 Å². The molecule has 1 aliphatic heterocycles. The van der Waals surface area contributed by atoms with Crippen LogP contribution in [0.15, 0.2) is 16.2 Å². The summed E-state index contributed by atoms with van der Waals surface area (Å²) < 4.78 is 7.48. The van der Waals surface area contributed by atoms with Gasteiger partial charge >= 0.3 is 0 Å². The van der Waals surface area contributed by atoms with Crippen molar-refractivity contribution in [2.24, 2.45) is 10.1 Å². The lowest BCUT2D eigenvalue weighted by Crippen LogP contribution is -2.26. The summed E-state index contributed by atoms with van der Waals surface area (Å²) in [5.41, 5.74) is 7.95. The highest BCUT2D eigenvalue weighted by atomic mass is 35.5. The van der Waals surface area contributed by atoms with Crippen molar-refractivity contribution in [1.29, 1.82) is 0 Å². The largest absolute Gasteiger partial charge is 0.383 e. The maximum atomic E-state index is 5.18. The Morgan fingerprint density at radius 3 is 2.82 bits per heavy atom. The summed E-state index contributed by atoms with van der Waals surface area (Å²) in [4.78, 5) is 4.60. The van der Waals surface area contributed by atoms with Crippen LogP contribution in [0.25, 0.3) is 0 Å². The molecule has 0 bridgehead atoms. The van der Waals surface area contributed by atoms with E-state index in [2.05, 4.69) is 40.0 Å². The molecule has 1 aliphatic carbocycles. The monoisotopic (exact) mass is 342 g/mol. The van der Waals surface area contributed by atoms with E-state index in [4.69, 9.17) is 4.74 Å². The van der Waals surface area contributed by atoms with Gasteiger partial charge in [-0.15, -0.1) is 12.4 Å². The molecule has 3 rings (SSSR count). The number of thioether (sulfide) groups is 1. The molecule has 1 aromatic rings. The Balaban J connectivity index is 0.00000176. The number of methoxy groups -OCH3 is 1. The number of nitrogens with zero attached hydrogens (tertiary/aromatic N) is 3. The number of ether oxygens (including phenoxy) is 1. The van der Waals surface area contributed by atoms with E-state index in [1.807, 2.05) is 0 Å². The summed E-state index contributed by atoms with van der Waals surface area (Å²) in [6, 6.07) is 2.76. The molecule has 1 fully saturated rings. The van der Waals surface area contributed by atoms with E-state index in [9.17, 15) is 0 Å². The fraction of sp³-hybridized carbons (Fsp3) is 0.600. The third kappa shape index (κ3) is 3.86. The van der Waals surface area contributed by atoms with E-state index in [0.717, 1.165) is 29.8 Å². The third-order valence-corrected chi connectivity index (χ3v) is 4.77. The van der Waals surface area contributed by atoms with Crippen LogP contribution in [0.3, 0.4) is 0 Å². The van der Waals surface area contributed by atoms with Crippen molar-refractivity contribution in [2.45, 2.75) is 39.3 Å². The molecule has 2 aliphatic rings. The van der Waals surface area contributed by atoms with Gasteiger partial charge in [-0.3, -0.25) is 10.4 Å². The molecule has 0 atom stereocenters. The Kier molecular flexibility index (Phi) is 5.94. The first kappa shape index (κ1) is 17.4. The number of halogens is 1. The average Bonchev–Trinajstić information content (AvgIpc) is 3.25. The number of hydrogen-bond donors (Lipinski definition) is 1. The van der Waals surface area contributed by atoms with Gasteiger partial charge in [-0.25, -0.2) is 0 Å². The first-order chi connectivity index (χ1) is 10.2. The lowest BCUT2D eigenvalue weighted by molar-refractivity contribution is 0.186. The average molecular weight is 343 g/mol. The van der Waals surface area contributed by atoms with Crippen LogP contribution < -0.4 is 5.43 Å². The number of aromatic nitrogens is 1. The molecule has 0 spiro atoms. The van der Waals surface area contributed by atoms with E-state index in [-0.39, 0.29) is 12.4 Å². The molecular formula is C15H23ClN4OS. The van der Waals surface area contributed by atoms with E-state index in [1.165, 1.54) is 29.8 Å². The normalized spacial score (nSPS) is 19.6. The lowest BCUT2D eigenvalue weighted by atomic mass is 10.1. The first-order valence-corrected chi connectivity index (χ1v) is 8.37. The number of hydrazone groups is 1. The van der Waals surface area contributed by atoms with Crippen LogP contribution in [0, 0.1) is 13.8 Å². The maximum Gasteiger partial charge on any atom is 0.177 e. The second kappa shape index (κ2) is 7.53. The molecule has 22 heavy (non-hydrogen) atoms. The Hall–Kier alpha value is -0.980. The van der Waals surface area contributed by atoms with Crippen molar-refractivity contribution in [2.75, 3.05) is 19.5 Å². The highest BCUT2D eigenvalue weighted by Gasteiger charge is 2.23. The number of rotatable bonds is 5. The summed E-state index contributed by atoms with van der Waals surface area (Å²) in [6.07, 6.45) is 2.45. The van der Waals surface area contributed by atoms with Gasteiger partial charge < -0.3 is 9.30 Å².